The molecule has 0 saturated carbocycles. The molecule has 1 heterocycles. The molecule has 1 fully saturated rings. The molecule has 66 valence electrons. The van der Waals surface area contributed by atoms with Crippen molar-refractivity contribution in [1.82, 2.24) is 0 Å². The first kappa shape index (κ1) is 8.80. The summed E-state index contributed by atoms with van der Waals surface area (Å²) < 4.78 is 41.9. The zero-order valence-electron chi connectivity index (χ0n) is 6.20. The van der Waals surface area contributed by atoms with Gasteiger partial charge < -0.3 is 9.84 Å². The lowest BCUT2D eigenvalue weighted by molar-refractivity contribution is -0.354. The van der Waals surface area contributed by atoms with E-state index in [1.54, 1.807) is 0 Å². The Labute approximate surface area is 62.0 Å². The van der Waals surface area contributed by atoms with Gasteiger partial charge in [-0.25, -0.2) is 0 Å². The van der Waals surface area contributed by atoms with Crippen molar-refractivity contribution in [3.05, 3.63) is 0 Å². The molecule has 0 spiro atoms. The molecule has 0 radical (unpaired) electrons. The second-order valence-corrected chi connectivity index (χ2v) is 3.31. The molecule has 1 N–H and O–H groups in total. The van der Waals surface area contributed by atoms with Crippen molar-refractivity contribution in [2.75, 3.05) is 6.61 Å². The van der Waals surface area contributed by atoms with Gasteiger partial charge >= 0.3 is 12.0 Å². The third-order valence-corrected chi connectivity index (χ3v) is 1.86. The number of aliphatic hydroxyl groups is 1. The first-order valence-electron chi connectivity index (χ1n) is 3.14. The van der Waals surface area contributed by atoms with E-state index in [2.05, 4.69) is 4.74 Å². The van der Waals surface area contributed by atoms with E-state index in [-0.39, 0.29) is 0 Å². The first-order valence-corrected chi connectivity index (χ1v) is 3.14. The Morgan fingerprint density at radius 1 is 1.27 bits per heavy atom. The van der Waals surface area contributed by atoms with E-state index in [0.29, 0.717) is 0 Å². The van der Waals surface area contributed by atoms with Gasteiger partial charge in [0.1, 0.15) is 0 Å². The number of ether oxygens (including phenoxy) is 1. The molecule has 0 amide bonds. The maximum atomic E-state index is 12.8. The molecule has 0 aromatic heterocycles. The fourth-order valence-electron chi connectivity index (χ4n) is 0.875. The Bertz CT molecular complexity index is 159. The summed E-state index contributed by atoms with van der Waals surface area (Å²) >= 11 is 0. The third-order valence-electron chi connectivity index (χ3n) is 1.86. The van der Waals surface area contributed by atoms with Crippen LogP contribution in [0, 0.1) is 5.41 Å². The summed E-state index contributed by atoms with van der Waals surface area (Å²) in [5, 5.41) is 8.42. The van der Waals surface area contributed by atoms with Gasteiger partial charge in [0.25, 0.3) is 0 Å². The molecule has 1 unspecified atom stereocenters. The van der Waals surface area contributed by atoms with Crippen LogP contribution in [0.2, 0.25) is 0 Å². The molecule has 1 saturated heterocycles. The highest BCUT2D eigenvalue weighted by Crippen LogP contribution is 2.51. The minimum absolute atomic E-state index is 0.493. The minimum atomic E-state index is -3.85. The van der Waals surface area contributed by atoms with Crippen molar-refractivity contribution in [3.63, 3.8) is 0 Å². The summed E-state index contributed by atoms with van der Waals surface area (Å²) in [6.45, 7) is 1.77. The molecule has 0 aromatic rings. The van der Waals surface area contributed by atoms with E-state index in [1.165, 1.54) is 0 Å². The van der Waals surface area contributed by atoms with Crippen molar-refractivity contribution in [2.45, 2.75) is 25.8 Å². The molecular weight excluding hydrogens is 161 g/mol. The fourth-order valence-corrected chi connectivity index (χ4v) is 0.875. The molecule has 1 atom stereocenters. The average Bonchev–Trinajstić information content (AvgIpc) is 1.93. The standard InChI is InChI=1S/C6H9F3O2/c1-4(2)3-11-6(9,10)5(4,7)8/h10H,3H2,1-2H3. The van der Waals surface area contributed by atoms with Crippen molar-refractivity contribution in [1.29, 1.82) is 0 Å². The van der Waals surface area contributed by atoms with Gasteiger partial charge in [-0.2, -0.15) is 13.2 Å². The molecule has 1 aliphatic rings. The average molecular weight is 170 g/mol. The minimum Gasteiger partial charge on any atom is -0.335 e. The predicted molar refractivity (Wildman–Crippen MR) is 30.7 cm³/mol. The zero-order chi connectivity index (χ0) is 8.91. The molecule has 0 bridgehead atoms. The fraction of sp³-hybridized carbons (Fsp3) is 1.00. The molecule has 1 rings (SSSR count). The van der Waals surface area contributed by atoms with Crippen LogP contribution in [0.3, 0.4) is 0 Å². The maximum Gasteiger partial charge on any atom is 0.384 e. The van der Waals surface area contributed by atoms with E-state index in [9.17, 15) is 13.2 Å². The van der Waals surface area contributed by atoms with E-state index in [1.807, 2.05) is 0 Å². The molecular formula is C6H9F3O2. The Morgan fingerprint density at radius 2 is 1.73 bits per heavy atom. The van der Waals surface area contributed by atoms with E-state index in [0.717, 1.165) is 13.8 Å². The van der Waals surface area contributed by atoms with Gasteiger partial charge in [-0.1, -0.05) is 13.8 Å². The molecule has 11 heavy (non-hydrogen) atoms. The second-order valence-electron chi connectivity index (χ2n) is 3.31. The van der Waals surface area contributed by atoms with Crippen LogP contribution in [0.15, 0.2) is 0 Å². The number of halogens is 3. The summed E-state index contributed by atoms with van der Waals surface area (Å²) in [5.41, 5.74) is -1.66. The predicted octanol–water partition coefficient (Wildman–Crippen LogP) is 1.29. The van der Waals surface area contributed by atoms with E-state index < -0.39 is 24.0 Å². The van der Waals surface area contributed by atoms with E-state index >= 15 is 0 Å². The second kappa shape index (κ2) is 1.90. The van der Waals surface area contributed by atoms with Crippen LogP contribution in [-0.2, 0) is 4.74 Å². The largest absolute Gasteiger partial charge is 0.384 e. The molecule has 1 aliphatic heterocycles. The van der Waals surface area contributed by atoms with Crippen LogP contribution in [0.4, 0.5) is 13.2 Å². The first-order chi connectivity index (χ1) is 4.71. The smallest absolute Gasteiger partial charge is 0.335 e. The van der Waals surface area contributed by atoms with Gasteiger partial charge in [0, 0.05) is 0 Å². The zero-order valence-corrected chi connectivity index (χ0v) is 6.20. The Balaban J connectivity index is 3.00. The lowest BCUT2D eigenvalue weighted by Gasteiger charge is -2.27. The number of hydrogen-bond donors (Lipinski definition) is 1. The molecule has 0 aromatic carbocycles. The van der Waals surface area contributed by atoms with Gasteiger partial charge in [0.15, 0.2) is 0 Å². The summed E-state index contributed by atoms with van der Waals surface area (Å²) in [7, 11) is 0. The quantitative estimate of drug-likeness (QED) is 0.593. The maximum absolute atomic E-state index is 12.8. The highest BCUT2D eigenvalue weighted by Gasteiger charge is 2.70. The van der Waals surface area contributed by atoms with Crippen LogP contribution in [0.5, 0.6) is 0 Å². The summed E-state index contributed by atoms with van der Waals surface area (Å²) in [6, 6.07) is -3.81. The summed E-state index contributed by atoms with van der Waals surface area (Å²) in [6.07, 6.45) is 0. The monoisotopic (exact) mass is 170 g/mol. The third kappa shape index (κ3) is 0.945. The van der Waals surface area contributed by atoms with Gasteiger partial charge in [-0.3, -0.25) is 0 Å². The van der Waals surface area contributed by atoms with Gasteiger partial charge in [0.2, 0.25) is 0 Å². The van der Waals surface area contributed by atoms with Crippen LogP contribution in [0.25, 0.3) is 0 Å². The van der Waals surface area contributed by atoms with Crippen LogP contribution in [0.1, 0.15) is 13.8 Å². The summed E-state index contributed by atoms with van der Waals surface area (Å²) in [4.78, 5) is 0. The highest BCUT2D eigenvalue weighted by atomic mass is 19.3. The topological polar surface area (TPSA) is 29.5 Å². The Morgan fingerprint density at radius 3 is 1.82 bits per heavy atom. The van der Waals surface area contributed by atoms with E-state index in [4.69, 9.17) is 5.11 Å². The van der Waals surface area contributed by atoms with Crippen LogP contribution < -0.4 is 0 Å². The van der Waals surface area contributed by atoms with Crippen molar-refractivity contribution < 1.29 is 23.0 Å². The van der Waals surface area contributed by atoms with Crippen molar-refractivity contribution in [2.24, 2.45) is 5.41 Å². The van der Waals surface area contributed by atoms with Gasteiger partial charge in [0.05, 0.1) is 12.0 Å². The van der Waals surface area contributed by atoms with Crippen LogP contribution >= 0.6 is 0 Å². The van der Waals surface area contributed by atoms with Gasteiger partial charge in [-0.05, 0) is 0 Å². The molecule has 2 nitrogen and oxygen atoms in total. The molecule has 0 aliphatic carbocycles. The van der Waals surface area contributed by atoms with Crippen molar-refractivity contribution in [3.8, 4) is 0 Å². The Kier molecular flexibility index (Phi) is 1.52. The lowest BCUT2D eigenvalue weighted by atomic mass is 9.88. The lowest BCUT2D eigenvalue weighted by Crippen LogP contribution is -2.47. The number of rotatable bonds is 0. The molecule has 5 heteroatoms. The highest BCUT2D eigenvalue weighted by molar-refractivity contribution is 4.96. The van der Waals surface area contributed by atoms with Crippen molar-refractivity contribution >= 4 is 0 Å². The number of alkyl halides is 3. The normalized spacial score (nSPS) is 40.9. The summed E-state index contributed by atoms with van der Waals surface area (Å²) in [5.74, 6) is -3.85. The van der Waals surface area contributed by atoms with Gasteiger partial charge in [-0.15, -0.1) is 0 Å². The SMILES string of the molecule is CC1(C)COC(O)(F)C1(F)F. The number of hydrogen-bond acceptors (Lipinski definition) is 2. The Hall–Kier alpha value is -0.290. The van der Waals surface area contributed by atoms with Crippen LogP contribution in [-0.4, -0.2) is 23.7 Å².